The lowest BCUT2D eigenvalue weighted by Crippen LogP contribution is -3.01. The summed E-state index contributed by atoms with van der Waals surface area (Å²) < 4.78 is 11.4. The van der Waals surface area contributed by atoms with Gasteiger partial charge in [0.25, 0.3) is 0 Å². The monoisotopic (exact) mass is 446 g/mol. The number of hydrogen-bond donors (Lipinski definition) is 2. The predicted octanol–water partition coefficient (Wildman–Crippen LogP) is 3.39. The Kier molecular flexibility index (Phi) is 5.49. The van der Waals surface area contributed by atoms with Gasteiger partial charge >= 0.3 is 0 Å². The van der Waals surface area contributed by atoms with Crippen molar-refractivity contribution in [3.63, 3.8) is 0 Å². The van der Waals surface area contributed by atoms with Crippen molar-refractivity contribution in [3.05, 3.63) is 76.8 Å². The number of nitrogens with zero attached hydrogens (tertiary/aromatic N) is 3. The normalized spacial score (nSPS) is 20.8. The van der Waals surface area contributed by atoms with Gasteiger partial charge in [0.15, 0.2) is 28.7 Å². The third kappa shape index (κ3) is 3.82. The average Bonchev–Trinajstić information content (AvgIpc) is 3.24. The predicted molar refractivity (Wildman–Crippen MR) is 127 cm³/mol. The fraction of sp³-hybridized carbons (Fsp3) is 0.280. The maximum atomic E-state index is 13.0. The third-order valence-electron chi connectivity index (χ3n) is 5.91. The molecule has 2 aliphatic heterocycles. The number of nitrogens with one attached hydrogen (secondary N) is 1. The molecule has 2 N–H and O–H groups in total. The van der Waals surface area contributed by atoms with Gasteiger partial charge in [-0.1, -0.05) is 26.0 Å². The molecule has 0 bridgehead atoms. The molecule has 1 aliphatic carbocycles. The van der Waals surface area contributed by atoms with E-state index in [2.05, 4.69) is 18.8 Å². The Balaban J connectivity index is 1.44. The second kappa shape index (κ2) is 8.47. The quantitative estimate of drug-likeness (QED) is 0.664. The van der Waals surface area contributed by atoms with Crippen molar-refractivity contribution >= 4 is 22.9 Å². The van der Waals surface area contributed by atoms with Gasteiger partial charge in [-0.25, -0.2) is 10.1 Å². The van der Waals surface area contributed by atoms with Crippen molar-refractivity contribution < 1.29 is 19.7 Å². The van der Waals surface area contributed by atoms with E-state index < -0.39 is 0 Å². The van der Waals surface area contributed by atoms with E-state index in [1.165, 1.54) is 0 Å². The van der Waals surface area contributed by atoms with E-state index in [4.69, 9.17) is 14.5 Å². The summed E-state index contributed by atoms with van der Waals surface area (Å²) in [6.07, 6.45) is 4.45. The number of anilines is 1. The molecule has 2 unspecified atom stereocenters. The lowest BCUT2D eigenvalue weighted by atomic mass is 10.00. The van der Waals surface area contributed by atoms with Crippen molar-refractivity contribution in [2.45, 2.75) is 26.3 Å². The van der Waals surface area contributed by atoms with Crippen molar-refractivity contribution in [2.24, 2.45) is 15.9 Å². The summed E-state index contributed by atoms with van der Waals surface area (Å²) >= 11 is 0. The Morgan fingerprint density at radius 2 is 2.00 bits per heavy atom. The first kappa shape index (κ1) is 21.4. The topological polar surface area (TPSA) is 94.2 Å². The molecular weight excluding hydrogens is 420 g/mol. The van der Waals surface area contributed by atoms with Crippen molar-refractivity contribution in [1.29, 1.82) is 0 Å². The van der Waals surface area contributed by atoms with Crippen LogP contribution in [0.3, 0.4) is 0 Å². The minimum Gasteiger partial charge on any atom is -0.623 e. The lowest BCUT2D eigenvalue weighted by molar-refractivity contribution is -0.729. The number of hydroxylamine groups is 2. The maximum Gasteiger partial charge on any atom is 0.162 e. The molecule has 0 fully saturated rings. The van der Waals surface area contributed by atoms with Gasteiger partial charge in [0, 0.05) is 17.7 Å². The molecule has 8 heteroatoms. The molecule has 170 valence electrons. The minimum absolute atomic E-state index is 0.130. The second-order valence-electron chi connectivity index (χ2n) is 8.60. The highest BCUT2D eigenvalue weighted by atomic mass is 16.5. The van der Waals surface area contributed by atoms with E-state index in [9.17, 15) is 10.4 Å². The van der Waals surface area contributed by atoms with E-state index in [0.717, 1.165) is 17.0 Å². The molecule has 2 aromatic carbocycles. The van der Waals surface area contributed by atoms with Crippen LogP contribution in [0.15, 0.2) is 76.0 Å². The zero-order valence-electron chi connectivity index (χ0n) is 18.8. The first-order valence-corrected chi connectivity index (χ1v) is 11.0. The van der Waals surface area contributed by atoms with Crippen LogP contribution in [0.2, 0.25) is 0 Å². The van der Waals surface area contributed by atoms with Crippen LogP contribution < -0.4 is 19.6 Å². The molecule has 0 amide bonds. The molecule has 0 saturated heterocycles. The second-order valence-corrected chi connectivity index (χ2v) is 8.60. The van der Waals surface area contributed by atoms with E-state index in [-0.39, 0.29) is 11.1 Å². The number of para-hydroxylation sites is 2. The summed E-state index contributed by atoms with van der Waals surface area (Å²) in [5.74, 6) is 2.40. The van der Waals surface area contributed by atoms with Crippen LogP contribution in [0, 0.1) is 11.1 Å². The van der Waals surface area contributed by atoms with Crippen LogP contribution in [0.1, 0.15) is 25.8 Å². The molecule has 2 atom stereocenters. The van der Waals surface area contributed by atoms with E-state index in [1.54, 1.807) is 43.5 Å². The Labute approximate surface area is 192 Å². The fourth-order valence-electron chi connectivity index (χ4n) is 4.08. The SMILES string of the molecule is COc1cc(C2=NC3C=C4C(=CC3=N2)N(O)c2ccccc2[NH+]4[O-])ccc1OCCC(C)C. The van der Waals surface area contributed by atoms with E-state index in [1.807, 2.05) is 18.2 Å². The van der Waals surface area contributed by atoms with Gasteiger partial charge in [0.2, 0.25) is 0 Å². The zero-order chi connectivity index (χ0) is 23.1. The Hall–Kier alpha value is -3.46. The number of hydrogen-bond acceptors (Lipinski definition) is 7. The smallest absolute Gasteiger partial charge is 0.162 e. The molecule has 3 aliphatic rings. The number of fused-ring (bicyclic) bond motifs is 3. The third-order valence-corrected chi connectivity index (χ3v) is 5.91. The summed E-state index contributed by atoms with van der Waals surface area (Å²) in [5, 5.41) is 24.7. The van der Waals surface area contributed by atoms with E-state index >= 15 is 0 Å². The summed E-state index contributed by atoms with van der Waals surface area (Å²) in [6, 6.07) is 12.2. The van der Waals surface area contributed by atoms with Crippen LogP contribution in [0.25, 0.3) is 0 Å². The van der Waals surface area contributed by atoms with Gasteiger partial charge in [-0.05, 0) is 42.7 Å². The van der Waals surface area contributed by atoms with Crippen LogP contribution in [-0.2, 0) is 0 Å². The average molecular weight is 447 g/mol. The molecule has 2 aromatic rings. The van der Waals surface area contributed by atoms with Crippen molar-refractivity contribution in [1.82, 2.24) is 0 Å². The summed E-state index contributed by atoms with van der Waals surface area (Å²) in [5.41, 5.74) is 3.23. The number of methoxy groups -OCH3 is 1. The summed E-state index contributed by atoms with van der Waals surface area (Å²) in [4.78, 5) is 9.40. The van der Waals surface area contributed by atoms with Crippen LogP contribution >= 0.6 is 0 Å². The molecular formula is C25H26N4O4. The lowest BCUT2D eigenvalue weighted by Gasteiger charge is -2.37. The van der Waals surface area contributed by atoms with Gasteiger partial charge in [-0.3, -0.25) is 10.2 Å². The zero-order valence-corrected chi connectivity index (χ0v) is 18.8. The molecule has 0 spiro atoms. The number of benzene rings is 2. The Bertz CT molecular complexity index is 1210. The number of aliphatic imine (C=N–C) groups is 2. The molecule has 33 heavy (non-hydrogen) atoms. The first-order chi connectivity index (χ1) is 16.0. The maximum absolute atomic E-state index is 13.0. The number of amidine groups is 1. The molecule has 8 nitrogen and oxygen atoms in total. The highest BCUT2D eigenvalue weighted by Crippen LogP contribution is 2.35. The van der Waals surface area contributed by atoms with Gasteiger partial charge < -0.3 is 19.7 Å². The molecule has 0 aromatic heterocycles. The van der Waals surface area contributed by atoms with Crippen molar-refractivity contribution in [3.8, 4) is 11.5 Å². The Morgan fingerprint density at radius 3 is 2.79 bits per heavy atom. The summed E-state index contributed by atoms with van der Waals surface area (Å²) in [6.45, 7) is 4.93. The van der Waals surface area contributed by atoms with Gasteiger partial charge in [0.1, 0.15) is 17.4 Å². The molecule has 0 saturated carbocycles. The molecule has 0 radical (unpaired) electrons. The standard InChI is InChI=1S/C25H26N4O4/c1-15(2)10-11-33-23-9-8-16(12-24(23)32-3)25-26-17-13-21-22(14-18(17)27-25)29(31)20-7-5-4-6-19(20)28(21)30/h4-9,12-15,17,28,31H,10-11H2,1-3H3. The van der Waals surface area contributed by atoms with Gasteiger partial charge in [0.05, 0.1) is 19.4 Å². The van der Waals surface area contributed by atoms with Crippen LogP contribution in [0.4, 0.5) is 11.4 Å². The minimum atomic E-state index is -0.380. The fourth-order valence-corrected chi connectivity index (χ4v) is 4.08. The summed E-state index contributed by atoms with van der Waals surface area (Å²) in [7, 11) is 1.61. The van der Waals surface area contributed by atoms with E-state index in [0.29, 0.717) is 58.3 Å². The van der Waals surface area contributed by atoms with Gasteiger partial charge in [-0.15, -0.1) is 0 Å². The number of rotatable bonds is 6. The number of quaternary nitrogens is 1. The molecule has 5 rings (SSSR count). The highest BCUT2D eigenvalue weighted by molar-refractivity contribution is 6.18. The Morgan fingerprint density at radius 1 is 1.18 bits per heavy atom. The van der Waals surface area contributed by atoms with Crippen LogP contribution in [-0.4, -0.2) is 36.5 Å². The highest BCUT2D eigenvalue weighted by Gasteiger charge is 2.37. The largest absolute Gasteiger partial charge is 0.623 e. The first-order valence-electron chi connectivity index (χ1n) is 11.0. The molecule has 2 heterocycles. The number of ether oxygens (including phenoxy) is 2. The van der Waals surface area contributed by atoms with Crippen molar-refractivity contribution in [2.75, 3.05) is 18.8 Å². The van der Waals surface area contributed by atoms with Gasteiger partial charge in [-0.2, -0.15) is 0 Å². The van der Waals surface area contributed by atoms with Crippen LogP contribution in [0.5, 0.6) is 11.5 Å².